The van der Waals surface area contributed by atoms with Crippen molar-refractivity contribution in [1.82, 2.24) is 20.2 Å². The Morgan fingerprint density at radius 3 is 2.62 bits per heavy atom. The summed E-state index contributed by atoms with van der Waals surface area (Å²) in [5.74, 6) is -0.144. The van der Waals surface area contributed by atoms with Crippen LogP contribution in [-0.2, 0) is 0 Å². The summed E-state index contributed by atoms with van der Waals surface area (Å²) in [6, 6.07) is 8.96. The highest BCUT2D eigenvalue weighted by molar-refractivity contribution is 6.31. The molecule has 0 aliphatic carbocycles. The zero-order chi connectivity index (χ0) is 15.0. The maximum atomic E-state index is 13.5. The second kappa shape index (κ2) is 5.31. The molecule has 0 spiro atoms. The van der Waals surface area contributed by atoms with E-state index in [1.165, 1.54) is 16.8 Å². The fourth-order valence-electron chi connectivity index (χ4n) is 1.91. The quantitative estimate of drug-likeness (QED) is 0.734. The molecule has 0 radical (unpaired) electrons. The number of rotatable bonds is 2. The van der Waals surface area contributed by atoms with E-state index in [2.05, 4.69) is 15.5 Å². The number of benzene rings is 2. The van der Waals surface area contributed by atoms with Crippen LogP contribution in [0.1, 0.15) is 0 Å². The van der Waals surface area contributed by atoms with Crippen LogP contribution in [-0.4, -0.2) is 20.2 Å². The Morgan fingerprint density at radius 1 is 1.05 bits per heavy atom. The highest BCUT2D eigenvalue weighted by Gasteiger charge is 2.15. The van der Waals surface area contributed by atoms with E-state index in [1.54, 1.807) is 24.3 Å². The molecule has 0 aliphatic rings. The van der Waals surface area contributed by atoms with Gasteiger partial charge in [-0.3, -0.25) is 0 Å². The summed E-state index contributed by atoms with van der Waals surface area (Å²) in [6.45, 7) is 0. The molecule has 0 saturated carbocycles. The molecule has 0 atom stereocenters. The maximum absolute atomic E-state index is 13.5. The highest BCUT2D eigenvalue weighted by Crippen LogP contribution is 2.29. The average Bonchev–Trinajstić information content (AvgIpc) is 2.89. The zero-order valence-electron chi connectivity index (χ0n) is 10.5. The standard InChI is InChI=1S/C13H8Cl2FN5/c14-7-1-2-12(17)11(5-7)13-18-19-20-21(13)10-4-8(15)3-9(16)6-10/h1-6H,17H2. The van der Waals surface area contributed by atoms with Crippen molar-refractivity contribution >= 4 is 28.9 Å². The SMILES string of the molecule is Nc1ccc(Cl)cc1-c1nnnn1-c1cc(F)cc(Cl)c1. The summed E-state index contributed by atoms with van der Waals surface area (Å²) in [5, 5.41) is 12.1. The first kappa shape index (κ1) is 13.8. The molecule has 0 amide bonds. The molecular weight excluding hydrogens is 316 g/mol. The van der Waals surface area contributed by atoms with E-state index >= 15 is 0 Å². The zero-order valence-corrected chi connectivity index (χ0v) is 12.0. The van der Waals surface area contributed by atoms with Gasteiger partial charge in [0.2, 0.25) is 0 Å². The molecule has 0 unspecified atom stereocenters. The van der Waals surface area contributed by atoms with Gasteiger partial charge in [0.15, 0.2) is 5.82 Å². The van der Waals surface area contributed by atoms with Crippen LogP contribution in [0.5, 0.6) is 0 Å². The lowest BCUT2D eigenvalue weighted by molar-refractivity contribution is 0.625. The minimum atomic E-state index is -0.488. The van der Waals surface area contributed by atoms with E-state index in [0.29, 0.717) is 27.8 Å². The summed E-state index contributed by atoms with van der Waals surface area (Å²) in [5.41, 5.74) is 7.31. The number of tetrazole rings is 1. The van der Waals surface area contributed by atoms with Gasteiger partial charge < -0.3 is 5.73 Å². The number of nitrogen functional groups attached to an aromatic ring is 1. The lowest BCUT2D eigenvalue weighted by Gasteiger charge is -2.08. The first-order valence-corrected chi connectivity index (χ1v) is 6.60. The van der Waals surface area contributed by atoms with E-state index < -0.39 is 5.82 Å². The van der Waals surface area contributed by atoms with E-state index in [0.717, 1.165) is 0 Å². The van der Waals surface area contributed by atoms with Gasteiger partial charge in [0.05, 0.1) is 5.69 Å². The molecular formula is C13H8Cl2FN5. The largest absolute Gasteiger partial charge is 0.398 e. The number of hydrogen-bond donors (Lipinski definition) is 1. The molecule has 1 heterocycles. The third-order valence-electron chi connectivity index (χ3n) is 2.82. The Morgan fingerprint density at radius 2 is 1.86 bits per heavy atom. The molecule has 0 fully saturated rings. The van der Waals surface area contributed by atoms with Crippen LogP contribution in [0.3, 0.4) is 0 Å². The van der Waals surface area contributed by atoms with Crippen LogP contribution in [0.15, 0.2) is 36.4 Å². The molecule has 106 valence electrons. The van der Waals surface area contributed by atoms with Crippen molar-refractivity contribution in [2.75, 3.05) is 5.73 Å². The van der Waals surface area contributed by atoms with Crippen molar-refractivity contribution in [3.05, 3.63) is 52.3 Å². The van der Waals surface area contributed by atoms with E-state index in [9.17, 15) is 4.39 Å². The number of anilines is 1. The molecule has 21 heavy (non-hydrogen) atoms. The normalized spacial score (nSPS) is 10.8. The third-order valence-corrected chi connectivity index (χ3v) is 3.27. The Hall–Kier alpha value is -2.18. The van der Waals surface area contributed by atoms with Crippen LogP contribution >= 0.6 is 23.2 Å². The minimum Gasteiger partial charge on any atom is -0.398 e. The van der Waals surface area contributed by atoms with Crippen molar-refractivity contribution in [3.63, 3.8) is 0 Å². The molecule has 2 N–H and O–H groups in total. The number of nitrogens with zero attached hydrogens (tertiary/aromatic N) is 4. The van der Waals surface area contributed by atoms with Crippen LogP contribution < -0.4 is 5.73 Å². The maximum Gasteiger partial charge on any atom is 0.189 e. The molecule has 1 aromatic heterocycles. The van der Waals surface area contributed by atoms with Gasteiger partial charge in [0.1, 0.15) is 5.82 Å². The monoisotopic (exact) mass is 323 g/mol. The lowest BCUT2D eigenvalue weighted by Crippen LogP contribution is -2.02. The van der Waals surface area contributed by atoms with Crippen molar-refractivity contribution in [3.8, 4) is 17.1 Å². The predicted molar refractivity (Wildman–Crippen MR) is 79.0 cm³/mol. The van der Waals surface area contributed by atoms with Gasteiger partial charge in [-0.1, -0.05) is 23.2 Å². The average molecular weight is 324 g/mol. The second-order valence-corrected chi connectivity index (χ2v) is 5.15. The molecule has 0 bridgehead atoms. The predicted octanol–water partition coefficient (Wildman–Crippen LogP) is 3.36. The van der Waals surface area contributed by atoms with E-state index in [1.807, 2.05) is 0 Å². The van der Waals surface area contributed by atoms with Gasteiger partial charge in [-0.2, -0.15) is 4.68 Å². The van der Waals surface area contributed by atoms with Gasteiger partial charge in [-0.05, 0) is 46.8 Å². The first-order valence-electron chi connectivity index (χ1n) is 5.85. The topological polar surface area (TPSA) is 69.6 Å². The molecule has 5 nitrogen and oxygen atoms in total. The molecule has 2 aromatic carbocycles. The van der Waals surface area contributed by atoms with Gasteiger partial charge in [0, 0.05) is 21.3 Å². The molecule has 3 rings (SSSR count). The molecule has 0 saturated heterocycles. The van der Waals surface area contributed by atoms with E-state index in [-0.39, 0.29) is 5.02 Å². The van der Waals surface area contributed by atoms with E-state index in [4.69, 9.17) is 28.9 Å². The molecule has 3 aromatic rings. The van der Waals surface area contributed by atoms with Gasteiger partial charge in [-0.15, -0.1) is 5.10 Å². The van der Waals surface area contributed by atoms with Crippen LogP contribution in [0.25, 0.3) is 17.1 Å². The summed E-state index contributed by atoms with van der Waals surface area (Å²) >= 11 is 11.8. The van der Waals surface area contributed by atoms with Crippen molar-refractivity contribution in [2.24, 2.45) is 0 Å². The Labute approximate surface area is 129 Å². The Balaban J connectivity index is 2.19. The van der Waals surface area contributed by atoms with Crippen LogP contribution in [0.2, 0.25) is 10.0 Å². The Bertz CT molecular complexity index is 798. The fourth-order valence-corrected chi connectivity index (χ4v) is 2.30. The highest BCUT2D eigenvalue weighted by atomic mass is 35.5. The number of aromatic nitrogens is 4. The van der Waals surface area contributed by atoms with Gasteiger partial charge >= 0.3 is 0 Å². The van der Waals surface area contributed by atoms with Crippen molar-refractivity contribution in [2.45, 2.75) is 0 Å². The number of nitrogens with two attached hydrogens (primary N) is 1. The minimum absolute atomic E-state index is 0.241. The number of halogens is 3. The smallest absolute Gasteiger partial charge is 0.189 e. The summed E-state index contributed by atoms with van der Waals surface area (Å²) in [6.07, 6.45) is 0. The lowest BCUT2D eigenvalue weighted by atomic mass is 10.1. The fraction of sp³-hybridized carbons (Fsp3) is 0. The first-order chi connectivity index (χ1) is 10.0. The third kappa shape index (κ3) is 2.68. The van der Waals surface area contributed by atoms with Crippen molar-refractivity contribution in [1.29, 1.82) is 0 Å². The summed E-state index contributed by atoms with van der Waals surface area (Å²) in [7, 11) is 0. The summed E-state index contributed by atoms with van der Waals surface area (Å²) in [4.78, 5) is 0. The van der Waals surface area contributed by atoms with Crippen molar-refractivity contribution < 1.29 is 4.39 Å². The summed E-state index contributed by atoms with van der Waals surface area (Å²) < 4.78 is 14.8. The molecule has 0 aliphatic heterocycles. The molecule has 8 heteroatoms. The van der Waals surface area contributed by atoms with Crippen LogP contribution in [0.4, 0.5) is 10.1 Å². The van der Waals surface area contributed by atoms with Gasteiger partial charge in [0.25, 0.3) is 0 Å². The number of hydrogen-bond acceptors (Lipinski definition) is 4. The van der Waals surface area contributed by atoms with Crippen LogP contribution in [0, 0.1) is 5.82 Å². The second-order valence-electron chi connectivity index (χ2n) is 4.27. The van der Waals surface area contributed by atoms with Gasteiger partial charge in [-0.25, -0.2) is 4.39 Å². The Kier molecular flexibility index (Phi) is 3.48.